The lowest BCUT2D eigenvalue weighted by molar-refractivity contribution is 0.565. The zero-order chi connectivity index (χ0) is 13.9. The highest BCUT2D eigenvalue weighted by atomic mass is 35.5. The molecule has 0 bridgehead atoms. The third kappa shape index (κ3) is 2.49. The van der Waals surface area contributed by atoms with Crippen LogP contribution >= 0.6 is 11.6 Å². The second kappa shape index (κ2) is 5.32. The maximum Gasteiger partial charge on any atom is 0.337 e. The average Bonchev–Trinajstić information content (AvgIpc) is 2.98. The fourth-order valence-electron chi connectivity index (χ4n) is 1.72. The molecule has 0 spiro atoms. The fraction of sp³-hybridized carbons (Fsp3) is 0. The zero-order valence-electron chi connectivity index (χ0n) is 10.4. The van der Waals surface area contributed by atoms with Gasteiger partial charge in [0.15, 0.2) is 0 Å². The van der Waals surface area contributed by atoms with Gasteiger partial charge in [0.25, 0.3) is 0 Å². The summed E-state index contributed by atoms with van der Waals surface area (Å²) in [4.78, 5) is 0. The van der Waals surface area contributed by atoms with Crippen LogP contribution in [0.4, 0.5) is 11.7 Å². The molecule has 20 heavy (non-hydrogen) atoms. The van der Waals surface area contributed by atoms with Crippen LogP contribution in [0.2, 0.25) is 5.02 Å². The minimum absolute atomic E-state index is 0.223. The Morgan fingerprint density at radius 2 is 1.65 bits per heavy atom. The van der Waals surface area contributed by atoms with Crippen molar-refractivity contribution in [3.05, 3.63) is 59.6 Å². The monoisotopic (exact) mass is 286 g/mol. The summed E-state index contributed by atoms with van der Waals surface area (Å²) in [5.41, 5.74) is 1.55. The van der Waals surface area contributed by atoms with Crippen LogP contribution < -0.4 is 10.9 Å². The predicted molar refractivity (Wildman–Crippen MR) is 77.5 cm³/mol. The summed E-state index contributed by atoms with van der Waals surface area (Å²) >= 11 is 5.84. The number of para-hydroxylation sites is 1. The summed E-state index contributed by atoms with van der Waals surface area (Å²) in [6.45, 7) is 0. The topological polar surface area (TPSA) is 68.2 Å². The van der Waals surface area contributed by atoms with Crippen LogP contribution in [0.1, 0.15) is 0 Å². The van der Waals surface area contributed by atoms with Gasteiger partial charge in [0, 0.05) is 10.6 Å². The molecule has 0 saturated heterocycles. The number of aromatic nitrogens is 2. The highest BCUT2D eigenvalue weighted by Crippen LogP contribution is 2.25. The van der Waals surface area contributed by atoms with Crippen LogP contribution in [0.5, 0.6) is 0 Å². The van der Waals surface area contributed by atoms with Crippen molar-refractivity contribution in [2.24, 2.45) is 5.84 Å². The molecular formula is C14H11ClN4O. The molecule has 5 nitrogen and oxygen atoms in total. The van der Waals surface area contributed by atoms with Crippen LogP contribution in [-0.2, 0) is 0 Å². The SMILES string of the molecule is NN(c1ccccc1)c1nnc(-c2ccc(Cl)cc2)o1. The number of nitrogens with two attached hydrogens (primary N) is 1. The number of hydrogen-bond acceptors (Lipinski definition) is 5. The Bertz CT molecular complexity index is 697. The maximum absolute atomic E-state index is 5.95. The van der Waals surface area contributed by atoms with Gasteiger partial charge >= 0.3 is 6.01 Å². The quantitative estimate of drug-likeness (QED) is 0.590. The van der Waals surface area contributed by atoms with Crippen LogP contribution in [0.25, 0.3) is 11.5 Å². The van der Waals surface area contributed by atoms with Crippen LogP contribution in [0.3, 0.4) is 0 Å². The molecule has 3 rings (SSSR count). The van der Waals surface area contributed by atoms with Gasteiger partial charge in [-0.3, -0.25) is 0 Å². The molecule has 0 aliphatic rings. The van der Waals surface area contributed by atoms with Gasteiger partial charge in [-0.15, -0.1) is 5.10 Å². The number of halogens is 1. The molecule has 0 saturated carbocycles. The molecule has 0 atom stereocenters. The summed E-state index contributed by atoms with van der Waals surface area (Å²) in [5.74, 6) is 6.34. The Morgan fingerprint density at radius 3 is 2.35 bits per heavy atom. The van der Waals surface area contributed by atoms with Gasteiger partial charge in [-0.05, 0) is 36.4 Å². The lowest BCUT2D eigenvalue weighted by atomic mass is 10.2. The van der Waals surface area contributed by atoms with Gasteiger partial charge in [-0.2, -0.15) is 0 Å². The Labute approximate surface area is 120 Å². The van der Waals surface area contributed by atoms with E-state index in [2.05, 4.69) is 10.2 Å². The third-order valence-electron chi connectivity index (χ3n) is 2.75. The molecule has 2 N–H and O–H groups in total. The Hall–Kier alpha value is -2.37. The highest BCUT2D eigenvalue weighted by Gasteiger charge is 2.14. The standard InChI is InChI=1S/C14H11ClN4O/c15-11-8-6-10(7-9-11)13-17-18-14(20-13)19(16)12-4-2-1-3-5-12/h1-9H,16H2. The molecule has 1 heterocycles. The molecule has 2 aromatic carbocycles. The lowest BCUT2D eigenvalue weighted by Crippen LogP contribution is -2.25. The molecule has 3 aromatic rings. The van der Waals surface area contributed by atoms with E-state index < -0.39 is 0 Å². The van der Waals surface area contributed by atoms with Gasteiger partial charge in [-0.25, -0.2) is 10.9 Å². The van der Waals surface area contributed by atoms with Crippen molar-refractivity contribution >= 4 is 23.3 Å². The van der Waals surface area contributed by atoms with Crippen molar-refractivity contribution in [3.63, 3.8) is 0 Å². The molecule has 0 amide bonds. The van der Waals surface area contributed by atoms with E-state index in [0.717, 1.165) is 11.3 Å². The van der Waals surface area contributed by atoms with Gasteiger partial charge in [0.05, 0.1) is 5.69 Å². The minimum atomic E-state index is 0.223. The molecular weight excluding hydrogens is 276 g/mol. The van der Waals surface area contributed by atoms with E-state index in [9.17, 15) is 0 Å². The van der Waals surface area contributed by atoms with Crippen LogP contribution in [-0.4, -0.2) is 10.2 Å². The van der Waals surface area contributed by atoms with E-state index >= 15 is 0 Å². The second-order valence-corrected chi connectivity index (χ2v) is 4.54. The molecule has 0 aliphatic carbocycles. The molecule has 0 radical (unpaired) electrons. The maximum atomic E-state index is 5.95. The third-order valence-corrected chi connectivity index (χ3v) is 3.00. The Morgan fingerprint density at radius 1 is 0.950 bits per heavy atom. The zero-order valence-corrected chi connectivity index (χ0v) is 11.2. The first-order valence-electron chi connectivity index (χ1n) is 5.93. The number of rotatable bonds is 3. The van der Waals surface area contributed by atoms with E-state index in [4.69, 9.17) is 21.9 Å². The predicted octanol–water partition coefficient (Wildman–Crippen LogP) is 3.40. The number of hydrazine groups is 1. The summed E-state index contributed by atoms with van der Waals surface area (Å²) in [5, 5.41) is 9.91. The smallest absolute Gasteiger partial charge is 0.337 e. The molecule has 100 valence electrons. The Balaban J connectivity index is 1.89. The summed E-state index contributed by atoms with van der Waals surface area (Å²) in [6.07, 6.45) is 0. The summed E-state index contributed by atoms with van der Waals surface area (Å²) in [7, 11) is 0. The van der Waals surface area contributed by atoms with Gasteiger partial charge in [0.2, 0.25) is 5.89 Å². The molecule has 6 heteroatoms. The van der Waals surface area contributed by atoms with Crippen LogP contribution in [0.15, 0.2) is 59.0 Å². The summed E-state index contributed by atoms with van der Waals surface area (Å²) in [6, 6.07) is 16.7. The van der Waals surface area contributed by atoms with E-state index in [1.807, 2.05) is 42.5 Å². The number of hydrogen-bond donors (Lipinski definition) is 1. The van der Waals surface area contributed by atoms with Crippen molar-refractivity contribution in [3.8, 4) is 11.5 Å². The number of benzene rings is 2. The van der Waals surface area contributed by atoms with E-state index in [-0.39, 0.29) is 6.01 Å². The van der Waals surface area contributed by atoms with Crippen molar-refractivity contribution < 1.29 is 4.42 Å². The van der Waals surface area contributed by atoms with Crippen molar-refractivity contribution in [2.45, 2.75) is 0 Å². The van der Waals surface area contributed by atoms with E-state index in [1.165, 1.54) is 5.01 Å². The molecule has 0 unspecified atom stereocenters. The number of anilines is 2. The van der Waals surface area contributed by atoms with E-state index in [0.29, 0.717) is 10.9 Å². The van der Waals surface area contributed by atoms with Gasteiger partial charge < -0.3 is 4.42 Å². The van der Waals surface area contributed by atoms with E-state index in [1.54, 1.807) is 12.1 Å². The van der Waals surface area contributed by atoms with Gasteiger partial charge in [-0.1, -0.05) is 34.9 Å². The normalized spacial score (nSPS) is 10.5. The fourth-order valence-corrected chi connectivity index (χ4v) is 1.85. The molecule has 0 fully saturated rings. The van der Waals surface area contributed by atoms with Crippen molar-refractivity contribution in [1.82, 2.24) is 10.2 Å². The largest absolute Gasteiger partial charge is 0.402 e. The lowest BCUT2D eigenvalue weighted by Gasteiger charge is -2.12. The van der Waals surface area contributed by atoms with Gasteiger partial charge in [0.1, 0.15) is 0 Å². The minimum Gasteiger partial charge on any atom is -0.402 e. The molecule has 0 aliphatic heterocycles. The molecule has 1 aromatic heterocycles. The Kier molecular flexibility index (Phi) is 3.37. The summed E-state index contributed by atoms with van der Waals surface area (Å²) < 4.78 is 5.56. The first kappa shape index (κ1) is 12.7. The highest BCUT2D eigenvalue weighted by molar-refractivity contribution is 6.30. The first-order valence-corrected chi connectivity index (χ1v) is 6.31. The first-order chi connectivity index (χ1) is 9.74. The average molecular weight is 287 g/mol. The van der Waals surface area contributed by atoms with Crippen LogP contribution in [0, 0.1) is 0 Å². The van der Waals surface area contributed by atoms with Crippen molar-refractivity contribution in [2.75, 3.05) is 5.01 Å². The number of nitrogens with zero attached hydrogens (tertiary/aromatic N) is 3. The second-order valence-electron chi connectivity index (χ2n) is 4.10. The van der Waals surface area contributed by atoms with Crippen molar-refractivity contribution in [1.29, 1.82) is 0 Å².